The first-order chi connectivity index (χ1) is 15.4. The molecule has 0 spiro atoms. The van der Waals surface area contributed by atoms with E-state index >= 15 is 0 Å². The molecule has 2 fully saturated rings. The highest BCUT2D eigenvalue weighted by Crippen LogP contribution is 2.35. The number of halogens is 1. The second kappa shape index (κ2) is 7.30. The smallest absolute Gasteiger partial charge is 0.257 e. The summed E-state index contributed by atoms with van der Waals surface area (Å²) in [7, 11) is 0. The third-order valence-corrected chi connectivity index (χ3v) is 5.98. The molecule has 3 N–H and O–H groups in total. The topological polar surface area (TPSA) is 130 Å². The highest BCUT2D eigenvalue weighted by Gasteiger charge is 2.44. The number of aromatic nitrogens is 3. The van der Waals surface area contributed by atoms with Gasteiger partial charge in [0.05, 0.1) is 29.0 Å². The molecule has 10 heteroatoms. The van der Waals surface area contributed by atoms with Gasteiger partial charge in [-0.05, 0) is 25.0 Å². The zero-order chi connectivity index (χ0) is 22.5. The fraction of sp³-hybridized carbons (Fsp3) is 0.318. The Morgan fingerprint density at radius 1 is 1.31 bits per heavy atom. The second-order valence-corrected chi connectivity index (χ2v) is 8.30. The Balaban J connectivity index is 1.33. The van der Waals surface area contributed by atoms with Crippen molar-refractivity contribution in [1.82, 2.24) is 25.0 Å². The number of fused-ring (bicyclic) bond motifs is 1. The average Bonchev–Trinajstić information content (AvgIpc) is 3.44. The molecule has 32 heavy (non-hydrogen) atoms. The Morgan fingerprint density at radius 3 is 2.78 bits per heavy atom. The normalized spacial score (nSPS) is 16.9. The minimum Gasteiger partial charge on any atom is -0.384 e. The molecule has 3 aromatic rings. The van der Waals surface area contributed by atoms with E-state index in [-0.39, 0.29) is 29.8 Å². The van der Waals surface area contributed by atoms with Gasteiger partial charge in [-0.2, -0.15) is 10.4 Å². The van der Waals surface area contributed by atoms with E-state index in [1.54, 1.807) is 4.68 Å². The number of nitrogens with two attached hydrogens (primary N) is 1. The van der Waals surface area contributed by atoms with Crippen LogP contribution >= 0.6 is 0 Å². The van der Waals surface area contributed by atoms with Crippen molar-refractivity contribution in [2.45, 2.75) is 30.8 Å². The predicted octanol–water partition coefficient (Wildman–Crippen LogP) is 1.56. The van der Waals surface area contributed by atoms with Gasteiger partial charge < -0.3 is 16.0 Å². The van der Waals surface area contributed by atoms with E-state index < -0.39 is 17.3 Å². The lowest BCUT2D eigenvalue weighted by Gasteiger charge is -2.38. The minimum atomic E-state index is -0.733. The maximum absolute atomic E-state index is 14.0. The Hall–Kier alpha value is -4.00. The van der Waals surface area contributed by atoms with Gasteiger partial charge in [0.2, 0.25) is 5.91 Å². The Morgan fingerprint density at radius 2 is 2.06 bits per heavy atom. The van der Waals surface area contributed by atoms with Crippen LogP contribution in [0.25, 0.3) is 10.9 Å². The molecule has 1 aliphatic carbocycles. The number of likely N-dealkylation sites (tertiary alicyclic amines) is 1. The van der Waals surface area contributed by atoms with Crippen molar-refractivity contribution < 1.29 is 14.0 Å². The molecule has 2 amide bonds. The van der Waals surface area contributed by atoms with E-state index in [0.29, 0.717) is 25.9 Å². The Bertz CT molecular complexity index is 1290. The molecule has 3 heterocycles. The number of hydrogen-bond acceptors (Lipinski definition) is 6. The molecule has 5 rings (SSSR count). The molecule has 2 aliphatic rings. The van der Waals surface area contributed by atoms with Crippen LogP contribution in [0.2, 0.25) is 0 Å². The number of nitrogens with one attached hydrogen (secondary N) is 1. The van der Waals surface area contributed by atoms with Crippen LogP contribution in [-0.4, -0.2) is 50.1 Å². The summed E-state index contributed by atoms with van der Waals surface area (Å²) in [6.45, 7) is 0.761. The summed E-state index contributed by atoms with van der Waals surface area (Å²) in [5, 5.41) is 17.5. The van der Waals surface area contributed by atoms with Gasteiger partial charge >= 0.3 is 0 Å². The first kappa shape index (κ1) is 19.9. The molecule has 1 saturated carbocycles. The number of para-hydroxylation sites is 1. The highest BCUT2D eigenvalue weighted by atomic mass is 19.1. The van der Waals surface area contributed by atoms with Crippen LogP contribution in [0.1, 0.15) is 34.8 Å². The lowest BCUT2D eigenvalue weighted by Crippen LogP contribution is -2.49. The van der Waals surface area contributed by atoms with Crippen molar-refractivity contribution in [1.29, 1.82) is 5.26 Å². The monoisotopic (exact) mass is 433 g/mol. The number of hydrogen-bond donors (Lipinski definition) is 2. The van der Waals surface area contributed by atoms with E-state index in [2.05, 4.69) is 21.5 Å². The van der Waals surface area contributed by atoms with Crippen LogP contribution in [0.5, 0.6) is 0 Å². The summed E-state index contributed by atoms with van der Waals surface area (Å²) < 4.78 is 15.6. The Labute approximate surface area is 182 Å². The van der Waals surface area contributed by atoms with Crippen LogP contribution in [0.3, 0.4) is 0 Å². The van der Waals surface area contributed by atoms with E-state index in [1.165, 1.54) is 11.0 Å². The summed E-state index contributed by atoms with van der Waals surface area (Å²) in [4.78, 5) is 30.3. The van der Waals surface area contributed by atoms with E-state index in [0.717, 1.165) is 22.8 Å². The van der Waals surface area contributed by atoms with Crippen LogP contribution in [0.15, 0.2) is 36.5 Å². The largest absolute Gasteiger partial charge is 0.384 e. The fourth-order valence-electron chi connectivity index (χ4n) is 4.01. The molecular weight excluding hydrogens is 413 g/mol. The molecule has 1 aliphatic heterocycles. The number of nitrogen functional groups attached to an aromatic ring is 1. The lowest BCUT2D eigenvalue weighted by atomic mass is 9.93. The molecule has 0 bridgehead atoms. The maximum Gasteiger partial charge on any atom is 0.257 e. The summed E-state index contributed by atoms with van der Waals surface area (Å²) in [6, 6.07) is 11.0. The number of nitrogens with zero attached hydrogens (tertiary/aromatic N) is 5. The number of carbonyl (C=O) groups is 2. The number of rotatable bonds is 5. The van der Waals surface area contributed by atoms with Crippen LogP contribution in [0.4, 0.5) is 10.2 Å². The zero-order valence-electron chi connectivity index (χ0n) is 17.1. The number of benzene rings is 1. The highest BCUT2D eigenvalue weighted by molar-refractivity contribution is 5.96. The third kappa shape index (κ3) is 3.41. The predicted molar refractivity (Wildman–Crippen MR) is 113 cm³/mol. The van der Waals surface area contributed by atoms with Crippen LogP contribution in [-0.2, 0) is 11.3 Å². The number of amides is 2. The summed E-state index contributed by atoms with van der Waals surface area (Å²) in [5.41, 5.74) is 6.34. The summed E-state index contributed by atoms with van der Waals surface area (Å²) in [5.74, 6) is -1.37. The van der Waals surface area contributed by atoms with Gasteiger partial charge in [0, 0.05) is 24.4 Å². The number of pyridine rings is 1. The SMILES string of the molecule is N#CC1(NC(=O)Cn2nc(C3CN(C(=O)c4cc(N)ncc4F)C3)c3ccccc32)CC1. The molecular formula is C22H20FN7O2. The zero-order valence-corrected chi connectivity index (χ0v) is 17.1. The quantitative estimate of drug-likeness (QED) is 0.628. The van der Waals surface area contributed by atoms with Gasteiger partial charge in [-0.1, -0.05) is 18.2 Å². The van der Waals surface area contributed by atoms with Crippen molar-refractivity contribution in [3.8, 4) is 6.07 Å². The molecule has 0 unspecified atom stereocenters. The molecule has 0 atom stereocenters. The molecule has 1 aromatic carbocycles. The average molecular weight is 433 g/mol. The van der Waals surface area contributed by atoms with E-state index in [1.807, 2.05) is 24.3 Å². The van der Waals surface area contributed by atoms with Gasteiger partial charge in [0.25, 0.3) is 5.91 Å². The van der Waals surface area contributed by atoms with E-state index in [4.69, 9.17) is 5.73 Å². The molecule has 0 radical (unpaired) electrons. The molecule has 162 valence electrons. The number of carbonyl (C=O) groups excluding carboxylic acids is 2. The maximum atomic E-state index is 14.0. The third-order valence-electron chi connectivity index (χ3n) is 5.98. The van der Waals surface area contributed by atoms with Crippen LogP contribution < -0.4 is 11.1 Å². The second-order valence-electron chi connectivity index (χ2n) is 8.30. The number of nitriles is 1. The van der Waals surface area contributed by atoms with Gasteiger partial charge in [0.15, 0.2) is 5.82 Å². The van der Waals surface area contributed by atoms with Crippen molar-refractivity contribution in [3.63, 3.8) is 0 Å². The Kier molecular flexibility index (Phi) is 4.55. The molecule has 9 nitrogen and oxygen atoms in total. The minimum absolute atomic E-state index is 0.000805. The fourth-order valence-corrected chi connectivity index (χ4v) is 4.01. The first-order valence-electron chi connectivity index (χ1n) is 10.3. The van der Waals surface area contributed by atoms with Gasteiger partial charge in [0.1, 0.15) is 17.9 Å². The van der Waals surface area contributed by atoms with Crippen molar-refractivity contribution in [2.24, 2.45) is 0 Å². The van der Waals surface area contributed by atoms with Crippen LogP contribution in [0, 0.1) is 17.1 Å². The molecule has 2 aromatic heterocycles. The summed E-state index contributed by atoms with van der Waals surface area (Å²) >= 11 is 0. The van der Waals surface area contributed by atoms with Gasteiger partial charge in [-0.3, -0.25) is 14.3 Å². The molecule has 1 saturated heterocycles. The standard InChI is InChI=1S/C22H20FN7O2/c23-16-8-26-18(25)7-15(16)21(32)29-9-13(10-29)20-14-3-1-2-4-17(14)30(28-20)11-19(31)27-22(12-24)5-6-22/h1-4,7-8,13H,5-6,9-11H2,(H2,25,26)(H,27,31). The van der Waals surface area contributed by atoms with Gasteiger partial charge in [-0.15, -0.1) is 0 Å². The van der Waals surface area contributed by atoms with E-state index in [9.17, 15) is 19.2 Å². The van der Waals surface area contributed by atoms with Gasteiger partial charge in [-0.25, -0.2) is 9.37 Å². The first-order valence-corrected chi connectivity index (χ1v) is 10.3. The lowest BCUT2D eigenvalue weighted by molar-refractivity contribution is -0.122. The number of anilines is 1. The van der Waals surface area contributed by atoms with Crippen molar-refractivity contribution in [3.05, 3.63) is 53.6 Å². The van der Waals surface area contributed by atoms with Crippen molar-refractivity contribution >= 4 is 28.5 Å². The summed E-state index contributed by atoms with van der Waals surface area (Å²) in [6.07, 6.45) is 2.27. The van der Waals surface area contributed by atoms with Crippen molar-refractivity contribution in [2.75, 3.05) is 18.8 Å².